The fourth-order valence-corrected chi connectivity index (χ4v) is 5.17. The zero-order chi connectivity index (χ0) is 19.1. The number of nitrogens with zero attached hydrogens (tertiary/aromatic N) is 4. The van der Waals surface area contributed by atoms with Crippen LogP contribution in [-0.2, 0) is 19.2 Å². The number of nitrogens with one attached hydrogen (secondary N) is 1. The predicted octanol–water partition coefficient (Wildman–Crippen LogP) is 4.18. The Hall–Kier alpha value is -1.67. The molecular formula is C19H25N5OS2. The molecule has 8 heteroatoms. The van der Waals surface area contributed by atoms with Crippen LogP contribution in [0.5, 0.6) is 0 Å². The Kier molecular flexibility index (Phi) is 5.11. The average molecular weight is 404 g/mol. The summed E-state index contributed by atoms with van der Waals surface area (Å²) >= 11 is 3.20. The van der Waals surface area contributed by atoms with Gasteiger partial charge in [-0.05, 0) is 37.7 Å². The third-order valence-corrected chi connectivity index (χ3v) is 7.38. The van der Waals surface area contributed by atoms with E-state index in [1.807, 2.05) is 7.05 Å². The van der Waals surface area contributed by atoms with Crippen molar-refractivity contribution in [1.82, 2.24) is 24.7 Å². The summed E-state index contributed by atoms with van der Waals surface area (Å²) in [5.74, 6) is 3.49. The topological polar surface area (TPSA) is 76.5 Å². The fraction of sp³-hybridized carbons (Fsp3) is 0.579. The van der Waals surface area contributed by atoms with Crippen LogP contribution in [0.15, 0.2) is 9.95 Å². The smallest absolute Gasteiger partial charge is 0.259 e. The Labute approximate surface area is 166 Å². The van der Waals surface area contributed by atoms with Crippen LogP contribution in [0.4, 0.5) is 0 Å². The zero-order valence-electron chi connectivity index (χ0n) is 16.2. The summed E-state index contributed by atoms with van der Waals surface area (Å²) in [6.07, 6.45) is 4.46. The van der Waals surface area contributed by atoms with E-state index in [4.69, 9.17) is 4.98 Å². The molecule has 1 atom stereocenters. The standard InChI is InChI=1S/C19H25N5OS2/c1-5-10(2)8-13-11(3)27-18-15(13)17(25)20-14(21-18)9-26-19-23-22-16(24(19)4)12-6-7-12/h10,12H,5-9H2,1-4H3,(H,20,21,25)/t10-/m1/s1. The van der Waals surface area contributed by atoms with Gasteiger partial charge in [0, 0.05) is 17.8 Å². The van der Waals surface area contributed by atoms with Gasteiger partial charge in [-0.3, -0.25) is 4.79 Å². The summed E-state index contributed by atoms with van der Waals surface area (Å²) in [7, 11) is 2.01. The lowest BCUT2D eigenvalue weighted by molar-refractivity contribution is 0.561. The monoisotopic (exact) mass is 403 g/mol. The zero-order valence-corrected chi connectivity index (χ0v) is 17.8. The van der Waals surface area contributed by atoms with Crippen molar-refractivity contribution < 1.29 is 0 Å². The SMILES string of the molecule is CC[C@@H](C)Cc1c(C)sc2nc(CSc3nnc(C4CC4)n3C)[nH]c(=O)c12. The second-order valence-electron chi connectivity index (χ2n) is 7.51. The van der Waals surface area contributed by atoms with Crippen molar-refractivity contribution in [3.8, 4) is 0 Å². The maximum atomic E-state index is 12.8. The van der Waals surface area contributed by atoms with Crippen molar-refractivity contribution >= 4 is 33.3 Å². The normalized spacial score (nSPS) is 15.6. The molecule has 1 saturated carbocycles. The van der Waals surface area contributed by atoms with Gasteiger partial charge in [0.2, 0.25) is 0 Å². The van der Waals surface area contributed by atoms with Crippen LogP contribution in [0.3, 0.4) is 0 Å². The first-order chi connectivity index (χ1) is 13.0. The minimum Gasteiger partial charge on any atom is -0.309 e. The Morgan fingerprint density at radius 3 is 2.85 bits per heavy atom. The van der Waals surface area contributed by atoms with Crippen molar-refractivity contribution in [3.63, 3.8) is 0 Å². The van der Waals surface area contributed by atoms with Gasteiger partial charge in [0.1, 0.15) is 16.5 Å². The lowest BCUT2D eigenvalue weighted by Gasteiger charge is -2.08. The Morgan fingerprint density at radius 1 is 1.37 bits per heavy atom. The number of hydrogen-bond donors (Lipinski definition) is 1. The van der Waals surface area contributed by atoms with Gasteiger partial charge in [0.25, 0.3) is 5.56 Å². The minimum absolute atomic E-state index is 0.0186. The largest absolute Gasteiger partial charge is 0.309 e. The summed E-state index contributed by atoms with van der Waals surface area (Å²) in [5.41, 5.74) is 1.15. The van der Waals surface area contributed by atoms with Gasteiger partial charge in [0.15, 0.2) is 5.16 Å². The number of aryl methyl sites for hydroxylation is 1. The van der Waals surface area contributed by atoms with Crippen LogP contribution in [0.25, 0.3) is 10.2 Å². The number of thiophene rings is 1. The highest BCUT2D eigenvalue weighted by Crippen LogP contribution is 2.39. The fourth-order valence-electron chi connectivity index (χ4n) is 3.31. The van der Waals surface area contributed by atoms with Gasteiger partial charge >= 0.3 is 0 Å². The van der Waals surface area contributed by atoms with E-state index in [2.05, 4.69) is 40.5 Å². The molecule has 1 fully saturated rings. The number of aromatic nitrogens is 5. The Balaban J connectivity index is 1.57. The summed E-state index contributed by atoms with van der Waals surface area (Å²) in [5, 5.41) is 10.3. The minimum atomic E-state index is -0.0186. The molecule has 3 aromatic heterocycles. The van der Waals surface area contributed by atoms with Crippen LogP contribution in [-0.4, -0.2) is 24.7 Å². The molecule has 0 bridgehead atoms. The highest BCUT2D eigenvalue weighted by molar-refractivity contribution is 7.98. The summed E-state index contributed by atoms with van der Waals surface area (Å²) in [6, 6.07) is 0. The second kappa shape index (κ2) is 7.39. The van der Waals surface area contributed by atoms with Gasteiger partial charge in [-0.25, -0.2) is 4.98 Å². The van der Waals surface area contributed by atoms with Gasteiger partial charge in [0.05, 0.1) is 11.1 Å². The molecule has 0 aromatic carbocycles. The number of rotatable bonds is 7. The van der Waals surface area contributed by atoms with E-state index in [1.165, 1.54) is 23.3 Å². The molecule has 0 amide bonds. The average Bonchev–Trinajstić information content (AvgIpc) is 3.34. The third kappa shape index (κ3) is 3.69. The van der Waals surface area contributed by atoms with E-state index >= 15 is 0 Å². The van der Waals surface area contributed by atoms with Crippen LogP contribution >= 0.6 is 23.1 Å². The molecule has 0 aliphatic heterocycles. The molecule has 0 radical (unpaired) electrons. The van der Waals surface area contributed by atoms with E-state index in [9.17, 15) is 4.79 Å². The lowest BCUT2D eigenvalue weighted by atomic mass is 9.98. The van der Waals surface area contributed by atoms with Gasteiger partial charge < -0.3 is 9.55 Å². The predicted molar refractivity (Wildman–Crippen MR) is 111 cm³/mol. The van der Waals surface area contributed by atoms with Crippen molar-refractivity contribution in [3.05, 3.63) is 32.4 Å². The van der Waals surface area contributed by atoms with Crippen LogP contribution < -0.4 is 5.56 Å². The van der Waals surface area contributed by atoms with E-state index in [-0.39, 0.29) is 5.56 Å². The second-order valence-corrected chi connectivity index (χ2v) is 9.66. The Morgan fingerprint density at radius 2 is 2.15 bits per heavy atom. The van der Waals surface area contributed by atoms with E-state index in [0.29, 0.717) is 23.4 Å². The molecule has 1 N–H and O–H groups in total. The van der Waals surface area contributed by atoms with E-state index in [1.54, 1.807) is 23.1 Å². The summed E-state index contributed by atoms with van der Waals surface area (Å²) < 4.78 is 2.07. The van der Waals surface area contributed by atoms with E-state index in [0.717, 1.165) is 34.0 Å². The molecule has 27 heavy (non-hydrogen) atoms. The van der Waals surface area contributed by atoms with E-state index < -0.39 is 0 Å². The number of fused-ring (bicyclic) bond motifs is 1. The number of hydrogen-bond acceptors (Lipinski definition) is 6. The van der Waals surface area contributed by atoms with Gasteiger partial charge in [-0.2, -0.15) is 0 Å². The van der Waals surface area contributed by atoms with Gasteiger partial charge in [-0.15, -0.1) is 21.5 Å². The summed E-state index contributed by atoms with van der Waals surface area (Å²) in [6.45, 7) is 6.51. The van der Waals surface area contributed by atoms with Gasteiger partial charge in [-0.1, -0.05) is 32.0 Å². The van der Waals surface area contributed by atoms with Crippen molar-refractivity contribution in [2.45, 2.75) is 63.3 Å². The molecule has 0 saturated heterocycles. The van der Waals surface area contributed by atoms with Crippen LogP contribution in [0.1, 0.15) is 61.1 Å². The molecule has 3 heterocycles. The van der Waals surface area contributed by atoms with Crippen molar-refractivity contribution in [2.24, 2.45) is 13.0 Å². The molecule has 0 unspecified atom stereocenters. The highest BCUT2D eigenvalue weighted by Gasteiger charge is 2.29. The third-order valence-electron chi connectivity index (χ3n) is 5.31. The molecule has 0 spiro atoms. The van der Waals surface area contributed by atoms with Crippen molar-refractivity contribution in [1.29, 1.82) is 0 Å². The molecule has 4 rings (SSSR count). The maximum Gasteiger partial charge on any atom is 0.259 e. The quantitative estimate of drug-likeness (QED) is 0.599. The first kappa shape index (κ1) is 18.7. The number of H-pyrrole nitrogens is 1. The molecular weight excluding hydrogens is 378 g/mol. The molecule has 144 valence electrons. The molecule has 6 nitrogen and oxygen atoms in total. The van der Waals surface area contributed by atoms with Crippen LogP contribution in [0.2, 0.25) is 0 Å². The molecule has 1 aliphatic rings. The maximum absolute atomic E-state index is 12.8. The number of aromatic amines is 1. The van der Waals surface area contributed by atoms with Crippen molar-refractivity contribution in [2.75, 3.05) is 0 Å². The first-order valence-corrected chi connectivity index (χ1v) is 11.3. The summed E-state index contributed by atoms with van der Waals surface area (Å²) in [4.78, 5) is 22.5. The molecule has 3 aromatic rings. The first-order valence-electron chi connectivity index (χ1n) is 9.51. The Bertz CT molecular complexity index is 1030. The highest BCUT2D eigenvalue weighted by atomic mass is 32.2. The molecule has 1 aliphatic carbocycles. The lowest BCUT2D eigenvalue weighted by Crippen LogP contribution is -2.12. The van der Waals surface area contributed by atoms with Crippen LogP contribution in [0, 0.1) is 12.8 Å². The number of thioether (sulfide) groups is 1.